The van der Waals surface area contributed by atoms with Crippen molar-refractivity contribution in [3.05, 3.63) is 42.2 Å². The highest BCUT2D eigenvalue weighted by molar-refractivity contribution is 9.11. The van der Waals surface area contributed by atoms with E-state index in [-0.39, 0.29) is 0 Å². The quantitative estimate of drug-likeness (QED) is 0.580. The van der Waals surface area contributed by atoms with E-state index < -0.39 is 0 Å². The van der Waals surface area contributed by atoms with Crippen LogP contribution >= 0.6 is 54.5 Å². The van der Waals surface area contributed by atoms with Crippen molar-refractivity contribution in [2.45, 2.75) is 25.1 Å². The Balaban J connectivity index is 2.31. The van der Waals surface area contributed by atoms with Gasteiger partial charge in [-0.3, -0.25) is 0 Å². The maximum absolute atomic E-state index is 3.80. The van der Waals surface area contributed by atoms with E-state index in [4.69, 9.17) is 0 Å². The summed E-state index contributed by atoms with van der Waals surface area (Å²) in [4.78, 5) is 4.55. The van der Waals surface area contributed by atoms with Gasteiger partial charge in [0.2, 0.25) is 0 Å². The number of rotatable bonds is 3. The van der Waals surface area contributed by atoms with Crippen molar-refractivity contribution < 1.29 is 0 Å². The van der Waals surface area contributed by atoms with Gasteiger partial charge < -0.3 is 0 Å². The van der Waals surface area contributed by atoms with Crippen LogP contribution in [0.3, 0.4) is 0 Å². The lowest BCUT2D eigenvalue weighted by Crippen LogP contribution is -1.88. The minimum atomic E-state index is 0.334. The first-order chi connectivity index (χ1) is 7.61. The summed E-state index contributed by atoms with van der Waals surface area (Å²) in [7, 11) is 0. The summed E-state index contributed by atoms with van der Waals surface area (Å²) >= 11 is 11.0. The molecule has 16 heavy (non-hydrogen) atoms. The lowest BCUT2D eigenvalue weighted by atomic mass is 10.2. The van der Waals surface area contributed by atoms with Gasteiger partial charge in [0.15, 0.2) is 0 Å². The maximum Gasteiger partial charge on any atom is 0.0749 e. The third kappa shape index (κ3) is 2.61. The van der Waals surface area contributed by atoms with E-state index in [0.717, 1.165) is 6.42 Å². The highest BCUT2D eigenvalue weighted by Gasteiger charge is 2.16. The van der Waals surface area contributed by atoms with Gasteiger partial charge in [0.05, 0.1) is 8.61 Å². The van der Waals surface area contributed by atoms with Crippen LogP contribution in [0.1, 0.15) is 31.9 Å². The zero-order valence-corrected chi connectivity index (χ0v) is 13.9. The number of alkyl halides is 1. The molecule has 4 heteroatoms. The molecule has 0 fully saturated rings. The number of halogens is 2. The van der Waals surface area contributed by atoms with Crippen LogP contribution in [-0.4, -0.2) is 0 Å². The van der Waals surface area contributed by atoms with Gasteiger partial charge in [-0.1, -0.05) is 22.9 Å². The van der Waals surface area contributed by atoms with Crippen molar-refractivity contribution in [1.82, 2.24) is 0 Å². The summed E-state index contributed by atoms with van der Waals surface area (Å²) in [5, 5.41) is 0. The second-order valence-electron chi connectivity index (χ2n) is 3.58. The lowest BCUT2D eigenvalue weighted by Gasteiger charge is -2.06. The zero-order chi connectivity index (χ0) is 11.7. The first kappa shape index (κ1) is 12.8. The van der Waals surface area contributed by atoms with Gasteiger partial charge in [0, 0.05) is 14.6 Å². The van der Waals surface area contributed by atoms with Crippen LogP contribution in [0.25, 0.3) is 0 Å². The fourth-order valence-electron chi connectivity index (χ4n) is 1.58. The summed E-state index contributed by atoms with van der Waals surface area (Å²) < 4.78 is 1.21. The zero-order valence-electron chi connectivity index (χ0n) is 9.09. The predicted molar refractivity (Wildman–Crippen MR) is 81.2 cm³/mol. The molecule has 86 valence electrons. The molecule has 0 nitrogen and oxygen atoms in total. The molecule has 2 rings (SSSR count). The van der Waals surface area contributed by atoms with Gasteiger partial charge in [0.1, 0.15) is 0 Å². The number of aryl methyl sites for hydroxylation is 2. The second kappa shape index (κ2) is 5.34. The topological polar surface area (TPSA) is 0 Å². The van der Waals surface area contributed by atoms with E-state index >= 15 is 0 Å². The fourth-order valence-corrected chi connectivity index (χ4v) is 5.34. The molecule has 0 saturated carbocycles. The third-order valence-electron chi connectivity index (χ3n) is 2.48. The van der Waals surface area contributed by atoms with E-state index in [0.29, 0.717) is 4.83 Å². The summed E-state index contributed by atoms with van der Waals surface area (Å²) in [6, 6.07) is 6.67. The normalized spacial score (nSPS) is 13.0. The van der Waals surface area contributed by atoms with Crippen molar-refractivity contribution in [1.29, 1.82) is 0 Å². The first-order valence-corrected chi connectivity index (χ1v) is 8.44. The number of thiophene rings is 2. The molecular formula is C12H12Br2S2. The van der Waals surface area contributed by atoms with Crippen LogP contribution in [0.4, 0.5) is 0 Å². The average Bonchev–Trinajstić information content (AvgIpc) is 2.84. The Bertz CT molecular complexity index is 485. The van der Waals surface area contributed by atoms with Crippen molar-refractivity contribution >= 4 is 54.5 Å². The fraction of sp³-hybridized carbons (Fsp3) is 0.333. The van der Waals surface area contributed by atoms with Gasteiger partial charge in [-0.25, -0.2) is 0 Å². The van der Waals surface area contributed by atoms with Gasteiger partial charge >= 0.3 is 0 Å². The molecule has 0 radical (unpaired) electrons. The molecule has 0 aliphatic rings. The van der Waals surface area contributed by atoms with E-state index in [2.05, 4.69) is 63.9 Å². The average molecular weight is 380 g/mol. The molecule has 1 atom stereocenters. The first-order valence-electron chi connectivity index (χ1n) is 5.10. The Morgan fingerprint density at radius 1 is 1.31 bits per heavy atom. The van der Waals surface area contributed by atoms with Crippen LogP contribution < -0.4 is 0 Å². The van der Waals surface area contributed by atoms with Crippen LogP contribution in [-0.2, 0) is 6.42 Å². The smallest absolute Gasteiger partial charge is 0.0749 e. The lowest BCUT2D eigenvalue weighted by molar-refractivity contribution is 1.19. The molecule has 0 bridgehead atoms. The van der Waals surface area contributed by atoms with Crippen molar-refractivity contribution in [2.24, 2.45) is 0 Å². The second-order valence-corrected chi connectivity index (χ2v) is 8.33. The van der Waals surface area contributed by atoms with Gasteiger partial charge in [-0.05, 0) is 53.0 Å². The Hall–Kier alpha value is 0.360. The van der Waals surface area contributed by atoms with Gasteiger partial charge in [0.25, 0.3) is 0 Å². The highest BCUT2D eigenvalue weighted by Crippen LogP contribution is 2.40. The minimum Gasteiger partial charge on any atom is -0.144 e. The molecule has 0 aliphatic carbocycles. The maximum atomic E-state index is 3.80. The standard InChI is InChI=1S/C12H12Br2S2/c1-3-8-4-5-10(16-8)12(14)9-6-11(13)15-7(9)2/h4-6,12H,3H2,1-2H3. The van der Waals surface area contributed by atoms with Crippen LogP contribution in [0, 0.1) is 6.92 Å². The van der Waals surface area contributed by atoms with Crippen LogP contribution in [0.2, 0.25) is 0 Å². The van der Waals surface area contributed by atoms with E-state index in [1.54, 1.807) is 11.3 Å². The molecule has 2 heterocycles. The van der Waals surface area contributed by atoms with E-state index in [1.165, 1.54) is 24.0 Å². The molecule has 0 amide bonds. The largest absolute Gasteiger partial charge is 0.144 e. The Kier molecular flexibility index (Phi) is 4.27. The summed E-state index contributed by atoms with van der Waals surface area (Å²) in [5.74, 6) is 0. The molecule has 1 unspecified atom stereocenters. The summed E-state index contributed by atoms with van der Waals surface area (Å²) in [6.45, 7) is 4.37. The molecular weight excluding hydrogens is 368 g/mol. The van der Waals surface area contributed by atoms with Crippen LogP contribution in [0.15, 0.2) is 22.0 Å². The summed E-state index contributed by atoms with van der Waals surface area (Å²) in [5.41, 5.74) is 1.38. The van der Waals surface area contributed by atoms with Crippen molar-refractivity contribution in [3.8, 4) is 0 Å². The summed E-state index contributed by atoms with van der Waals surface area (Å²) in [6.07, 6.45) is 1.12. The van der Waals surface area contributed by atoms with Gasteiger partial charge in [-0.15, -0.1) is 22.7 Å². The van der Waals surface area contributed by atoms with Crippen molar-refractivity contribution in [3.63, 3.8) is 0 Å². The molecule has 0 N–H and O–H groups in total. The van der Waals surface area contributed by atoms with Crippen LogP contribution in [0.5, 0.6) is 0 Å². The molecule has 2 aromatic heterocycles. The molecule has 2 aromatic rings. The van der Waals surface area contributed by atoms with E-state index in [1.807, 2.05) is 11.3 Å². The van der Waals surface area contributed by atoms with Gasteiger partial charge in [-0.2, -0.15) is 0 Å². The SMILES string of the molecule is CCc1ccc(C(Br)c2cc(Br)sc2C)s1. The highest BCUT2D eigenvalue weighted by atomic mass is 79.9. The minimum absolute atomic E-state index is 0.334. The Morgan fingerprint density at radius 3 is 2.56 bits per heavy atom. The number of hydrogen-bond acceptors (Lipinski definition) is 2. The Labute approximate surface area is 121 Å². The number of hydrogen-bond donors (Lipinski definition) is 0. The van der Waals surface area contributed by atoms with E-state index in [9.17, 15) is 0 Å². The molecule has 0 saturated heterocycles. The molecule has 0 aliphatic heterocycles. The molecule has 0 aromatic carbocycles. The third-order valence-corrected chi connectivity index (χ3v) is 6.63. The molecule has 0 spiro atoms. The monoisotopic (exact) mass is 378 g/mol. The predicted octanol–water partition coefficient (Wildman–Crippen LogP) is 5.93. The van der Waals surface area contributed by atoms with Crippen molar-refractivity contribution in [2.75, 3.05) is 0 Å². The Morgan fingerprint density at radius 2 is 2.06 bits per heavy atom.